The van der Waals surface area contributed by atoms with Crippen LogP contribution in [0, 0.1) is 0 Å². The molecule has 2 atom stereocenters. The maximum Gasteiger partial charge on any atom is 0.407 e. The highest BCUT2D eigenvalue weighted by Gasteiger charge is 2.32. The molecule has 1 heterocycles. The molecule has 1 amide bonds. The van der Waals surface area contributed by atoms with Crippen molar-refractivity contribution in [3.05, 3.63) is 0 Å². The van der Waals surface area contributed by atoms with Gasteiger partial charge in [0.15, 0.2) is 9.84 Å². The molecule has 0 radical (unpaired) electrons. The summed E-state index contributed by atoms with van der Waals surface area (Å²) in [6.07, 6.45) is -0.222. The Morgan fingerprint density at radius 3 is 2.47 bits per heavy atom. The number of carbonyl (C=O) groups is 1. The Bertz CT molecular complexity index is 386. The molecule has 1 rings (SSSR count). The van der Waals surface area contributed by atoms with Crippen LogP contribution in [0.15, 0.2) is 0 Å². The lowest BCUT2D eigenvalue weighted by Crippen LogP contribution is -2.55. The van der Waals surface area contributed by atoms with Crippen LogP contribution < -0.4 is 11.1 Å². The molecule has 0 aromatic rings. The first kappa shape index (κ1) is 14.2. The number of nitrogens with two attached hydrogens (primary N) is 1. The maximum atomic E-state index is 11.5. The topological polar surface area (TPSA) is 98.5 Å². The second-order valence-corrected chi connectivity index (χ2v) is 7.55. The second kappa shape index (κ2) is 4.81. The molecule has 1 aliphatic rings. The van der Waals surface area contributed by atoms with Crippen molar-refractivity contribution in [1.29, 1.82) is 0 Å². The van der Waals surface area contributed by atoms with E-state index in [-0.39, 0.29) is 17.5 Å². The standard InChI is InChI=1S/C10H20N2O4S/c1-10(2,3)16-9(13)12-8-4-5-17(14,15)6-7(8)11/h7-8H,4-6,11H2,1-3H3,(H,12,13). The summed E-state index contributed by atoms with van der Waals surface area (Å²) in [5, 5.41) is 2.61. The molecule has 0 bridgehead atoms. The Kier molecular flexibility index (Phi) is 4.03. The smallest absolute Gasteiger partial charge is 0.407 e. The van der Waals surface area contributed by atoms with Gasteiger partial charge in [-0.15, -0.1) is 0 Å². The summed E-state index contributed by atoms with van der Waals surface area (Å²) in [7, 11) is -3.05. The summed E-state index contributed by atoms with van der Waals surface area (Å²) in [6.45, 7) is 5.29. The van der Waals surface area contributed by atoms with Crippen LogP contribution in [0.1, 0.15) is 27.2 Å². The van der Waals surface area contributed by atoms with Crippen molar-refractivity contribution >= 4 is 15.9 Å². The third kappa shape index (κ3) is 4.91. The molecule has 0 spiro atoms. The summed E-state index contributed by atoms with van der Waals surface area (Å²) in [5.41, 5.74) is 5.14. The number of nitrogens with one attached hydrogen (secondary N) is 1. The van der Waals surface area contributed by atoms with E-state index in [4.69, 9.17) is 10.5 Å². The third-order valence-corrected chi connectivity index (χ3v) is 4.16. The van der Waals surface area contributed by atoms with Gasteiger partial charge in [-0.1, -0.05) is 0 Å². The van der Waals surface area contributed by atoms with E-state index < -0.39 is 27.6 Å². The van der Waals surface area contributed by atoms with E-state index >= 15 is 0 Å². The zero-order chi connectivity index (χ0) is 13.3. The number of ether oxygens (including phenoxy) is 1. The minimum absolute atomic E-state index is 0.0567. The lowest BCUT2D eigenvalue weighted by molar-refractivity contribution is 0.0496. The van der Waals surface area contributed by atoms with Gasteiger partial charge in [-0.25, -0.2) is 13.2 Å². The second-order valence-electron chi connectivity index (χ2n) is 5.32. The molecule has 3 N–H and O–H groups in total. The zero-order valence-corrected chi connectivity index (χ0v) is 11.2. The largest absolute Gasteiger partial charge is 0.444 e. The molecule has 1 saturated heterocycles. The quantitative estimate of drug-likeness (QED) is 0.696. The Hall–Kier alpha value is -0.820. The van der Waals surface area contributed by atoms with Crippen LogP contribution in [0.5, 0.6) is 0 Å². The van der Waals surface area contributed by atoms with Gasteiger partial charge in [-0.2, -0.15) is 0 Å². The lowest BCUT2D eigenvalue weighted by Gasteiger charge is -2.30. The van der Waals surface area contributed by atoms with Gasteiger partial charge in [0, 0.05) is 12.1 Å². The molecule has 0 aromatic heterocycles. The van der Waals surface area contributed by atoms with Gasteiger partial charge >= 0.3 is 6.09 Å². The van der Waals surface area contributed by atoms with E-state index in [1.165, 1.54) is 0 Å². The highest BCUT2D eigenvalue weighted by atomic mass is 32.2. The summed E-state index contributed by atoms with van der Waals surface area (Å²) >= 11 is 0. The SMILES string of the molecule is CC(C)(C)OC(=O)NC1CCS(=O)(=O)CC1N. The van der Waals surface area contributed by atoms with Crippen LogP contribution >= 0.6 is 0 Å². The number of amides is 1. The predicted octanol–water partition coefficient (Wildman–Crippen LogP) is 0.0255. The van der Waals surface area contributed by atoms with Crippen LogP contribution in [0.3, 0.4) is 0 Å². The van der Waals surface area contributed by atoms with Crippen molar-refractivity contribution < 1.29 is 17.9 Å². The minimum atomic E-state index is -3.05. The zero-order valence-electron chi connectivity index (χ0n) is 10.4. The number of alkyl carbamates (subject to hydrolysis) is 1. The molecule has 7 heteroatoms. The fraction of sp³-hybridized carbons (Fsp3) is 0.900. The fourth-order valence-corrected chi connectivity index (χ4v) is 3.25. The summed E-state index contributed by atoms with van der Waals surface area (Å²) in [4.78, 5) is 11.5. The number of rotatable bonds is 1. The normalized spacial score (nSPS) is 28.5. The van der Waals surface area contributed by atoms with E-state index in [1.54, 1.807) is 20.8 Å². The molecule has 17 heavy (non-hydrogen) atoms. The van der Waals surface area contributed by atoms with Crippen LogP contribution in [0.25, 0.3) is 0 Å². The average molecular weight is 264 g/mol. The summed E-state index contributed by atoms with van der Waals surface area (Å²) in [6, 6.07) is -0.908. The highest BCUT2D eigenvalue weighted by Crippen LogP contribution is 2.13. The Labute approximate surface area is 102 Å². The van der Waals surface area contributed by atoms with Crippen molar-refractivity contribution in [1.82, 2.24) is 5.32 Å². The van der Waals surface area contributed by atoms with Gasteiger partial charge in [0.05, 0.1) is 11.5 Å². The monoisotopic (exact) mass is 264 g/mol. The van der Waals surface area contributed by atoms with Gasteiger partial charge in [0.1, 0.15) is 5.60 Å². The molecule has 0 saturated carbocycles. The van der Waals surface area contributed by atoms with Crippen molar-refractivity contribution in [3.63, 3.8) is 0 Å². The minimum Gasteiger partial charge on any atom is -0.444 e. The highest BCUT2D eigenvalue weighted by molar-refractivity contribution is 7.91. The number of carbonyl (C=O) groups excluding carboxylic acids is 1. The molecule has 6 nitrogen and oxygen atoms in total. The fourth-order valence-electron chi connectivity index (χ4n) is 1.65. The first-order chi connectivity index (χ1) is 7.59. The maximum absolute atomic E-state index is 11.5. The van der Waals surface area contributed by atoms with Crippen molar-refractivity contribution in [2.75, 3.05) is 11.5 Å². The Morgan fingerprint density at radius 1 is 1.41 bits per heavy atom. The molecule has 0 aliphatic carbocycles. The number of sulfone groups is 1. The molecule has 100 valence electrons. The number of hydrogen-bond acceptors (Lipinski definition) is 5. The average Bonchev–Trinajstić information content (AvgIpc) is 2.06. The van der Waals surface area contributed by atoms with Gasteiger partial charge < -0.3 is 15.8 Å². The Morgan fingerprint density at radius 2 is 2.00 bits per heavy atom. The predicted molar refractivity (Wildman–Crippen MR) is 64.4 cm³/mol. The molecular formula is C10H20N2O4S. The molecule has 2 unspecified atom stereocenters. The van der Waals surface area contributed by atoms with E-state index in [9.17, 15) is 13.2 Å². The van der Waals surface area contributed by atoms with Crippen LogP contribution in [-0.4, -0.2) is 43.7 Å². The van der Waals surface area contributed by atoms with Gasteiger partial charge in [-0.05, 0) is 27.2 Å². The van der Waals surface area contributed by atoms with E-state index in [0.29, 0.717) is 6.42 Å². The third-order valence-electron chi connectivity index (χ3n) is 2.41. The molecule has 1 fully saturated rings. The molecular weight excluding hydrogens is 244 g/mol. The van der Waals surface area contributed by atoms with Gasteiger partial charge in [0.25, 0.3) is 0 Å². The van der Waals surface area contributed by atoms with Gasteiger partial charge in [0.2, 0.25) is 0 Å². The number of hydrogen-bond donors (Lipinski definition) is 2. The van der Waals surface area contributed by atoms with Crippen molar-refractivity contribution in [2.45, 2.75) is 44.9 Å². The molecule has 0 aromatic carbocycles. The van der Waals surface area contributed by atoms with Gasteiger partial charge in [-0.3, -0.25) is 0 Å². The first-order valence-corrected chi connectivity index (χ1v) is 7.37. The van der Waals surface area contributed by atoms with Crippen LogP contribution in [-0.2, 0) is 14.6 Å². The summed E-state index contributed by atoms with van der Waals surface area (Å²) < 4.78 is 27.7. The van der Waals surface area contributed by atoms with Crippen molar-refractivity contribution in [2.24, 2.45) is 5.73 Å². The van der Waals surface area contributed by atoms with Crippen molar-refractivity contribution in [3.8, 4) is 0 Å². The van der Waals surface area contributed by atoms with Crippen LogP contribution in [0.4, 0.5) is 4.79 Å². The van der Waals surface area contributed by atoms with E-state index in [0.717, 1.165) is 0 Å². The van der Waals surface area contributed by atoms with Crippen LogP contribution in [0.2, 0.25) is 0 Å². The molecule has 1 aliphatic heterocycles. The summed E-state index contributed by atoms with van der Waals surface area (Å²) in [5.74, 6) is -0.0331. The lowest BCUT2D eigenvalue weighted by atomic mass is 10.1. The first-order valence-electron chi connectivity index (χ1n) is 5.54. The Balaban J connectivity index is 2.51. The van der Waals surface area contributed by atoms with E-state index in [2.05, 4.69) is 5.32 Å². The van der Waals surface area contributed by atoms with E-state index in [1.807, 2.05) is 0 Å².